The molecule has 0 aliphatic heterocycles. The number of hydrogen-bond donors (Lipinski definition) is 2. The Morgan fingerprint density at radius 3 is 2.53 bits per heavy atom. The molecule has 0 heterocycles. The van der Waals surface area contributed by atoms with Crippen molar-refractivity contribution in [2.24, 2.45) is 5.92 Å². The maximum absolute atomic E-state index is 11.4. The summed E-state index contributed by atoms with van der Waals surface area (Å²) in [6, 6.07) is -0.230. The van der Waals surface area contributed by atoms with Gasteiger partial charge in [-0.25, -0.2) is 4.79 Å². The second kappa shape index (κ2) is 8.08. The molecule has 1 fully saturated rings. The van der Waals surface area contributed by atoms with E-state index in [2.05, 4.69) is 10.6 Å². The zero-order chi connectivity index (χ0) is 12.5. The molecule has 0 aromatic carbocycles. The summed E-state index contributed by atoms with van der Waals surface area (Å²) in [7, 11) is 0. The number of carbonyl (C=O) groups excluding carboxylic acids is 1. The predicted molar refractivity (Wildman–Crippen MR) is 65.4 cm³/mol. The van der Waals surface area contributed by atoms with Crippen molar-refractivity contribution in [1.29, 1.82) is 0 Å². The van der Waals surface area contributed by atoms with Crippen LogP contribution in [0.4, 0.5) is 4.79 Å². The van der Waals surface area contributed by atoms with Gasteiger partial charge in [-0.2, -0.15) is 0 Å². The van der Waals surface area contributed by atoms with Crippen LogP contribution in [-0.2, 0) is 9.47 Å². The third-order valence-corrected chi connectivity index (χ3v) is 2.34. The Hall–Kier alpha value is -1.07. The van der Waals surface area contributed by atoms with Gasteiger partial charge in [0.05, 0.1) is 6.54 Å². The third-order valence-electron chi connectivity index (χ3n) is 2.34. The zero-order valence-electron chi connectivity index (χ0n) is 10.6. The van der Waals surface area contributed by atoms with E-state index >= 15 is 0 Å². The molecule has 0 aromatic heterocycles. The van der Waals surface area contributed by atoms with Crippen LogP contribution >= 0.6 is 0 Å². The summed E-state index contributed by atoms with van der Waals surface area (Å²) in [4.78, 5) is 11.4. The number of rotatable bonds is 8. The molecule has 0 unspecified atom stereocenters. The number of amides is 2. The number of carbonyl (C=O) groups is 1. The average Bonchev–Trinajstić information content (AvgIpc) is 3.10. The van der Waals surface area contributed by atoms with Gasteiger partial charge in [0.1, 0.15) is 0 Å². The van der Waals surface area contributed by atoms with Crippen LogP contribution in [0.5, 0.6) is 0 Å². The first-order chi connectivity index (χ1) is 8.26. The summed E-state index contributed by atoms with van der Waals surface area (Å²) in [6.45, 7) is 5.27. The Morgan fingerprint density at radius 1 is 1.35 bits per heavy atom. The van der Waals surface area contributed by atoms with Crippen molar-refractivity contribution in [2.45, 2.75) is 33.0 Å². The van der Waals surface area contributed by atoms with Gasteiger partial charge >= 0.3 is 6.03 Å². The van der Waals surface area contributed by atoms with Gasteiger partial charge in [-0.05, 0) is 32.6 Å². The fourth-order valence-electron chi connectivity index (χ4n) is 1.31. The highest BCUT2D eigenvalue weighted by molar-refractivity contribution is 5.74. The first kappa shape index (κ1) is 14.0. The molecule has 1 rings (SSSR count). The van der Waals surface area contributed by atoms with Gasteiger partial charge in [0.2, 0.25) is 0 Å². The SMILES string of the molecule is CCOC(CNC(=O)N/C=C/C1CC1)OCC. The quantitative estimate of drug-likeness (QED) is 0.636. The highest BCUT2D eigenvalue weighted by atomic mass is 16.7. The Labute approximate surface area is 103 Å². The Morgan fingerprint density at radius 2 is 2.00 bits per heavy atom. The van der Waals surface area contributed by atoms with Gasteiger partial charge < -0.3 is 20.1 Å². The van der Waals surface area contributed by atoms with E-state index < -0.39 is 0 Å². The lowest BCUT2D eigenvalue weighted by Gasteiger charge is -2.17. The summed E-state index contributed by atoms with van der Waals surface area (Å²) in [5, 5.41) is 5.35. The first-order valence-corrected chi connectivity index (χ1v) is 6.20. The molecule has 0 aromatic rings. The molecule has 0 bridgehead atoms. The lowest BCUT2D eigenvalue weighted by Crippen LogP contribution is -2.39. The molecule has 0 atom stereocenters. The van der Waals surface area contributed by atoms with E-state index in [0.717, 1.165) is 0 Å². The van der Waals surface area contributed by atoms with Crippen LogP contribution in [-0.4, -0.2) is 32.1 Å². The Balaban J connectivity index is 2.10. The number of allylic oxidation sites excluding steroid dienone is 1. The maximum atomic E-state index is 11.4. The molecule has 2 amide bonds. The highest BCUT2D eigenvalue weighted by Gasteiger charge is 2.17. The molecule has 1 saturated carbocycles. The van der Waals surface area contributed by atoms with Crippen molar-refractivity contribution in [2.75, 3.05) is 19.8 Å². The molecule has 1 aliphatic carbocycles. The fourth-order valence-corrected chi connectivity index (χ4v) is 1.31. The molecule has 1 aliphatic rings. The van der Waals surface area contributed by atoms with Crippen molar-refractivity contribution < 1.29 is 14.3 Å². The fraction of sp³-hybridized carbons (Fsp3) is 0.750. The van der Waals surface area contributed by atoms with E-state index in [-0.39, 0.29) is 12.3 Å². The average molecular weight is 242 g/mol. The van der Waals surface area contributed by atoms with E-state index in [1.165, 1.54) is 12.8 Å². The normalized spacial score (nSPS) is 15.5. The molecule has 2 N–H and O–H groups in total. The van der Waals surface area contributed by atoms with Gasteiger partial charge in [-0.15, -0.1) is 0 Å². The van der Waals surface area contributed by atoms with E-state index in [0.29, 0.717) is 25.7 Å². The van der Waals surface area contributed by atoms with Crippen molar-refractivity contribution >= 4 is 6.03 Å². The topological polar surface area (TPSA) is 59.6 Å². The van der Waals surface area contributed by atoms with E-state index in [9.17, 15) is 4.79 Å². The van der Waals surface area contributed by atoms with Gasteiger partial charge in [-0.3, -0.25) is 0 Å². The van der Waals surface area contributed by atoms with Gasteiger partial charge in [0, 0.05) is 19.4 Å². The van der Waals surface area contributed by atoms with Gasteiger partial charge in [-0.1, -0.05) is 6.08 Å². The summed E-state index contributed by atoms with van der Waals surface area (Å²) < 4.78 is 10.6. The minimum atomic E-state index is -0.372. The molecule has 17 heavy (non-hydrogen) atoms. The summed E-state index contributed by atoms with van der Waals surface area (Å²) in [6.07, 6.45) is 5.81. The predicted octanol–water partition coefficient (Wildman–Crippen LogP) is 1.61. The zero-order valence-corrected chi connectivity index (χ0v) is 10.6. The van der Waals surface area contributed by atoms with E-state index in [1.54, 1.807) is 6.20 Å². The Kier molecular flexibility index (Phi) is 6.65. The van der Waals surface area contributed by atoms with Crippen molar-refractivity contribution in [1.82, 2.24) is 10.6 Å². The summed E-state index contributed by atoms with van der Waals surface area (Å²) in [5.74, 6) is 0.662. The van der Waals surface area contributed by atoms with E-state index in [4.69, 9.17) is 9.47 Å². The molecule has 98 valence electrons. The highest BCUT2D eigenvalue weighted by Crippen LogP contribution is 2.29. The van der Waals surface area contributed by atoms with Crippen LogP contribution in [0.25, 0.3) is 0 Å². The lowest BCUT2D eigenvalue weighted by molar-refractivity contribution is -0.131. The van der Waals surface area contributed by atoms with Crippen molar-refractivity contribution in [3.8, 4) is 0 Å². The monoisotopic (exact) mass is 242 g/mol. The first-order valence-electron chi connectivity index (χ1n) is 6.20. The number of hydrogen-bond acceptors (Lipinski definition) is 3. The molecule has 5 nitrogen and oxygen atoms in total. The second-order valence-electron chi connectivity index (χ2n) is 3.89. The van der Waals surface area contributed by atoms with Crippen LogP contribution in [0.15, 0.2) is 12.3 Å². The molecule has 5 heteroatoms. The largest absolute Gasteiger partial charge is 0.351 e. The van der Waals surface area contributed by atoms with Crippen LogP contribution in [0.3, 0.4) is 0 Å². The van der Waals surface area contributed by atoms with Crippen LogP contribution < -0.4 is 10.6 Å². The minimum Gasteiger partial charge on any atom is -0.351 e. The van der Waals surface area contributed by atoms with E-state index in [1.807, 2.05) is 19.9 Å². The minimum absolute atomic E-state index is 0.230. The standard InChI is InChI=1S/C12H22N2O3/c1-3-16-11(17-4-2)9-14-12(15)13-8-7-10-5-6-10/h7-8,10-11H,3-6,9H2,1-2H3,(H2,13,14,15)/b8-7+. The number of ether oxygens (including phenoxy) is 2. The second-order valence-corrected chi connectivity index (χ2v) is 3.89. The lowest BCUT2D eigenvalue weighted by atomic mass is 10.4. The molecule has 0 saturated heterocycles. The summed E-state index contributed by atoms with van der Waals surface area (Å²) in [5.41, 5.74) is 0. The maximum Gasteiger partial charge on any atom is 0.318 e. The molecular weight excluding hydrogens is 220 g/mol. The molecular formula is C12H22N2O3. The number of urea groups is 1. The van der Waals surface area contributed by atoms with Crippen molar-refractivity contribution in [3.05, 3.63) is 12.3 Å². The van der Waals surface area contributed by atoms with Crippen LogP contribution in [0, 0.1) is 5.92 Å². The molecule has 0 radical (unpaired) electrons. The third kappa shape index (κ3) is 6.97. The van der Waals surface area contributed by atoms with Crippen LogP contribution in [0.1, 0.15) is 26.7 Å². The van der Waals surface area contributed by atoms with Gasteiger partial charge in [0.15, 0.2) is 6.29 Å². The number of nitrogens with one attached hydrogen (secondary N) is 2. The molecule has 0 spiro atoms. The summed E-state index contributed by atoms with van der Waals surface area (Å²) >= 11 is 0. The smallest absolute Gasteiger partial charge is 0.318 e. The Bertz CT molecular complexity index is 246. The van der Waals surface area contributed by atoms with Crippen molar-refractivity contribution in [3.63, 3.8) is 0 Å². The van der Waals surface area contributed by atoms with Gasteiger partial charge in [0.25, 0.3) is 0 Å². The van der Waals surface area contributed by atoms with Crippen LogP contribution in [0.2, 0.25) is 0 Å².